The van der Waals surface area contributed by atoms with Crippen molar-refractivity contribution >= 4 is 65.1 Å². The molecule has 1 saturated heterocycles. The summed E-state index contributed by atoms with van der Waals surface area (Å²) >= 11 is 0. The first-order valence-corrected chi connectivity index (χ1v) is 25.6. The zero-order valence-electron chi connectivity index (χ0n) is 43.5. The van der Waals surface area contributed by atoms with Gasteiger partial charge in [-0.05, 0) is 102 Å². The standard InChI is InChI=1S/C47H87N15O11/c1-6-7-15-33(46(72)73)59-42(68)32(19-20-36(51)63)57-40(66)30(16-9-11-22-49)56-41(67)31(17-12-23-54-47(52)53)58-44(70)38(28(4)5)61-37(64)26-55-39(65)34(25-27(2)3)60-43(69)35-18-13-24-62(35)45(71)29(50)14-8-10-21-48/h27-35,38H,6-26,48-50H2,1-5H3,(H2,51,63)(H,55,65)(H,56,67)(H,57,66)(H,58,70)(H,59,68)(H,60,69)(H,61,64)(H,72,73)(H4,52,53,54)/t29-,30-,31-,32-,33-,34-,35-,38-/m0/s1. The van der Waals surface area contributed by atoms with Crippen LogP contribution in [0, 0.1) is 17.2 Å². The fourth-order valence-electron chi connectivity index (χ4n) is 8.03. The van der Waals surface area contributed by atoms with Gasteiger partial charge in [0.15, 0.2) is 5.96 Å². The number of primary amides is 1. The summed E-state index contributed by atoms with van der Waals surface area (Å²) in [4.78, 5) is 134. The summed E-state index contributed by atoms with van der Waals surface area (Å²) in [7, 11) is 0. The molecule has 0 aromatic rings. The van der Waals surface area contributed by atoms with Crippen molar-refractivity contribution in [2.45, 2.75) is 186 Å². The number of nitrogens with zero attached hydrogens (tertiary/aromatic N) is 1. The normalized spacial score (nSPS) is 16.1. The Kier molecular flexibility index (Phi) is 31.2. The maximum atomic E-state index is 14.1. The molecule has 0 unspecified atom stereocenters. The Bertz CT molecular complexity index is 1840. The van der Waals surface area contributed by atoms with E-state index in [1.54, 1.807) is 13.8 Å². The third kappa shape index (κ3) is 25.4. The summed E-state index contributed by atoms with van der Waals surface area (Å²) in [6.07, 6.45) is 4.46. The van der Waals surface area contributed by atoms with Gasteiger partial charge in [-0.25, -0.2) is 4.79 Å². The maximum Gasteiger partial charge on any atom is 0.326 e. The van der Waals surface area contributed by atoms with Gasteiger partial charge in [0.1, 0.15) is 42.3 Å². The number of carboxylic acid groups (broad SMARTS) is 1. The van der Waals surface area contributed by atoms with Gasteiger partial charge < -0.3 is 81.2 Å². The predicted octanol–water partition coefficient (Wildman–Crippen LogP) is -2.91. The van der Waals surface area contributed by atoms with Crippen molar-refractivity contribution in [2.24, 2.45) is 40.5 Å². The number of unbranched alkanes of at least 4 members (excludes halogenated alkanes) is 3. The molecule has 1 heterocycles. The van der Waals surface area contributed by atoms with E-state index in [0.717, 1.165) is 0 Å². The average Bonchev–Trinajstić information content (AvgIpc) is 3.82. The number of nitrogens with one attached hydrogen (secondary N) is 9. The Morgan fingerprint density at radius 2 is 1.18 bits per heavy atom. The second-order valence-electron chi connectivity index (χ2n) is 19.3. The van der Waals surface area contributed by atoms with E-state index in [1.165, 1.54) is 4.90 Å². The second-order valence-corrected chi connectivity index (χ2v) is 19.3. The van der Waals surface area contributed by atoms with Crippen LogP contribution in [0.3, 0.4) is 0 Å². The summed E-state index contributed by atoms with van der Waals surface area (Å²) in [5.74, 6) is -8.74. The Morgan fingerprint density at radius 3 is 1.70 bits per heavy atom. The van der Waals surface area contributed by atoms with Gasteiger partial charge in [0.25, 0.3) is 0 Å². The van der Waals surface area contributed by atoms with Gasteiger partial charge in [0, 0.05) is 19.5 Å². The van der Waals surface area contributed by atoms with Crippen molar-refractivity contribution in [2.75, 3.05) is 32.7 Å². The number of guanidine groups is 1. The Hall–Kier alpha value is -6.15. The highest BCUT2D eigenvalue weighted by atomic mass is 16.4. The first-order chi connectivity index (χ1) is 34.5. The lowest BCUT2D eigenvalue weighted by Gasteiger charge is -2.29. The zero-order valence-corrected chi connectivity index (χ0v) is 43.5. The van der Waals surface area contributed by atoms with Crippen LogP contribution in [-0.2, 0) is 47.9 Å². The van der Waals surface area contributed by atoms with E-state index >= 15 is 0 Å². The van der Waals surface area contributed by atoms with Crippen molar-refractivity contribution in [3.05, 3.63) is 0 Å². The number of amides is 9. The van der Waals surface area contributed by atoms with Crippen LogP contribution in [0.1, 0.15) is 137 Å². The highest BCUT2D eigenvalue weighted by Crippen LogP contribution is 2.20. The molecule has 1 fully saturated rings. The quantitative estimate of drug-likeness (QED) is 0.0169. The van der Waals surface area contributed by atoms with Crippen molar-refractivity contribution in [1.29, 1.82) is 5.41 Å². The molecule has 73 heavy (non-hydrogen) atoms. The minimum atomic E-state index is -1.42. The van der Waals surface area contributed by atoms with E-state index < -0.39 is 114 Å². The first kappa shape index (κ1) is 64.9. The molecule has 0 bridgehead atoms. The zero-order chi connectivity index (χ0) is 55.2. The lowest BCUT2D eigenvalue weighted by Crippen LogP contribution is -2.60. The van der Waals surface area contributed by atoms with Crippen LogP contribution in [0.25, 0.3) is 0 Å². The Balaban J connectivity index is 3.27. The maximum absolute atomic E-state index is 14.1. The van der Waals surface area contributed by atoms with Crippen molar-refractivity contribution in [3.8, 4) is 0 Å². The van der Waals surface area contributed by atoms with Gasteiger partial charge in [0.2, 0.25) is 53.2 Å². The number of likely N-dealkylation sites (tertiary alicyclic amines) is 1. The van der Waals surface area contributed by atoms with Crippen molar-refractivity contribution in [3.63, 3.8) is 0 Å². The topological polar surface area (TPSA) is 444 Å². The third-order valence-electron chi connectivity index (χ3n) is 12.1. The molecule has 1 aliphatic heterocycles. The highest BCUT2D eigenvalue weighted by Gasteiger charge is 2.38. The number of hydrogen-bond donors (Lipinski definition) is 15. The fraction of sp³-hybridized carbons (Fsp3) is 0.766. The molecule has 0 aromatic carbocycles. The van der Waals surface area contributed by atoms with Gasteiger partial charge in [-0.3, -0.25) is 48.6 Å². The monoisotopic (exact) mass is 1040 g/mol. The lowest BCUT2D eigenvalue weighted by molar-refractivity contribution is -0.142. The molecule has 0 spiro atoms. The highest BCUT2D eigenvalue weighted by molar-refractivity contribution is 5.97. The summed E-state index contributed by atoms with van der Waals surface area (Å²) in [5, 5.41) is 37.9. The van der Waals surface area contributed by atoms with Crippen LogP contribution in [0.5, 0.6) is 0 Å². The van der Waals surface area contributed by atoms with E-state index in [0.29, 0.717) is 70.9 Å². The van der Waals surface area contributed by atoms with Crippen LogP contribution in [0.2, 0.25) is 0 Å². The second kappa shape index (κ2) is 35.1. The third-order valence-corrected chi connectivity index (χ3v) is 12.1. The van der Waals surface area contributed by atoms with Gasteiger partial charge >= 0.3 is 5.97 Å². The number of rotatable bonds is 37. The van der Waals surface area contributed by atoms with Crippen LogP contribution in [0.15, 0.2) is 0 Å². The number of carbonyl (C=O) groups excluding carboxylic acids is 9. The van der Waals surface area contributed by atoms with Gasteiger partial charge in [0.05, 0.1) is 12.6 Å². The van der Waals surface area contributed by atoms with Crippen LogP contribution < -0.4 is 71.2 Å². The van der Waals surface area contributed by atoms with E-state index in [4.69, 9.17) is 34.1 Å². The van der Waals surface area contributed by atoms with E-state index in [1.807, 2.05) is 20.8 Å². The lowest BCUT2D eigenvalue weighted by atomic mass is 10.0. The minimum absolute atomic E-state index is 0.0151. The van der Waals surface area contributed by atoms with Crippen molar-refractivity contribution in [1.82, 2.24) is 47.4 Å². The molecule has 1 rings (SSSR count). The molecule has 20 N–H and O–H groups in total. The molecule has 9 amide bonds. The van der Waals surface area contributed by atoms with E-state index in [9.17, 15) is 53.1 Å². The molecule has 26 nitrogen and oxygen atoms in total. The van der Waals surface area contributed by atoms with Crippen LogP contribution in [-0.4, -0.2) is 156 Å². The number of aliphatic carboxylic acids is 1. The minimum Gasteiger partial charge on any atom is -0.480 e. The van der Waals surface area contributed by atoms with Crippen LogP contribution >= 0.6 is 0 Å². The Labute approximate surface area is 428 Å². The molecular formula is C47H87N15O11. The van der Waals surface area contributed by atoms with Crippen LogP contribution in [0.4, 0.5) is 0 Å². The predicted molar refractivity (Wildman–Crippen MR) is 272 cm³/mol. The molecular weight excluding hydrogens is 951 g/mol. The molecule has 0 aliphatic carbocycles. The SMILES string of the molecule is CCCC[C@H](NC(=O)[C@H](CCC(N)=O)NC(=O)[C@H](CCCCN)NC(=O)[C@H](CCCNC(=N)N)NC(=O)[C@@H](NC(=O)CNC(=O)[C@H](CC(C)C)NC(=O)[C@@H]1CCCN1C(=O)[C@@H](N)CCCCN)C(C)C)C(=O)O. The summed E-state index contributed by atoms with van der Waals surface area (Å²) in [6, 6.07) is -9.33. The van der Waals surface area contributed by atoms with E-state index in [2.05, 4.69) is 42.5 Å². The molecule has 0 saturated carbocycles. The van der Waals surface area contributed by atoms with Gasteiger partial charge in [-0.2, -0.15) is 0 Å². The summed E-state index contributed by atoms with van der Waals surface area (Å²) < 4.78 is 0. The van der Waals surface area contributed by atoms with Gasteiger partial charge in [-0.15, -0.1) is 0 Å². The van der Waals surface area contributed by atoms with E-state index in [-0.39, 0.29) is 75.8 Å². The number of carbonyl (C=O) groups is 10. The summed E-state index contributed by atoms with van der Waals surface area (Å²) in [5.41, 5.74) is 28.2. The molecule has 26 heteroatoms. The molecule has 1 aliphatic rings. The molecule has 0 radical (unpaired) electrons. The smallest absolute Gasteiger partial charge is 0.326 e. The number of nitrogens with two attached hydrogens (primary N) is 5. The van der Waals surface area contributed by atoms with Gasteiger partial charge in [-0.1, -0.05) is 53.9 Å². The average molecular weight is 1040 g/mol. The summed E-state index contributed by atoms with van der Waals surface area (Å²) in [6.45, 7) is 9.39. The largest absolute Gasteiger partial charge is 0.480 e. The molecule has 0 aromatic heterocycles. The number of hydrogen-bond acceptors (Lipinski definition) is 14. The van der Waals surface area contributed by atoms with Crippen molar-refractivity contribution < 1.29 is 53.1 Å². The molecule has 8 atom stereocenters. The Morgan fingerprint density at radius 1 is 0.644 bits per heavy atom. The first-order valence-electron chi connectivity index (χ1n) is 25.6. The fourth-order valence-corrected chi connectivity index (χ4v) is 8.03. The number of carboxylic acids is 1. The molecule has 416 valence electrons.